The van der Waals surface area contributed by atoms with Gasteiger partial charge in [0, 0.05) is 10.6 Å². The van der Waals surface area contributed by atoms with E-state index in [1.807, 2.05) is 37.3 Å². The zero-order valence-corrected chi connectivity index (χ0v) is 13.8. The van der Waals surface area contributed by atoms with Gasteiger partial charge in [0.15, 0.2) is 6.61 Å². The number of H-pyrrole nitrogens is 1. The molecule has 0 saturated heterocycles. The van der Waals surface area contributed by atoms with Crippen molar-refractivity contribution in [2.24, 2.45) is 0 Å². The van der Waals surface area contributed by atoms with Gasteiger partial charge in [-0.05, 0) is 25.1 Å². The van der Waals surface area contributed by atoms with Gasteiger partial charge in [0.1, 0.15) is 11.4 Å². The number of rotatable bonds is 5. The molecule has 2 N–H and O–H groups in total. The molecular formula is C18H16ClN3O2. The predicted molar refractivity (Wildman–Crippen MR) is 94.3 cm³/mol. The van der Waals surface area contributed by atoms with E-state index in [9.17, 15) is 4.79 Å². The van der Waals surface area contributed by atoms with Gasteiger partial charge in [-0.2, -0.15) is 5.10 Å². The van der Waals surface area contributed by atoms with Crippen molar-refractivity contribution >= 4 is 23.2 Å². The Morgan fingerprint density at radius 3 is 2.75 bits per heavy atom. The number of anilines is 1. The van der Waals surface area contributed by atoms with Crippen LogP contribution in [0.1, 0.15) is 5.69 Å². The van der Waals surface area contributed by atoms with E-state index in [2.05, 4.69) is 15.5 Å². The summed E-state index contributed by atoms with van der Waals surface area (Å²) in [5, 5.41) is 10.6. The van der Waals surface area contributed by atoms with Crippen LogP contribution >= 0.6 is 11.6 Å². The van der Waals surface area contributed by atoms with E-state index < -0.39 is 0 Å². The molecule has 0 aliphatic carbocycles. The SMILES string of the molecule is Cc1[nH]nc(-c2ccccc2)c1NC(=O)COc1cccc(Cl)c1. The minimum Gasteiger partial charge on any atom is -0.484 e. The molecule has 2 aromatic carbocycles. The molecule has 0 bridgehead atoms. The molecule has 0 spiro atoms. The molecule has 3 aromatic rings. The first kappa shape index (κ1) is 16.1. The predicted octanol–water partition coefficient (Wildman–Crippen LogP) is 4.06. The van der Waals surface area contributed by atoms with Gasteiger partial charge in [0.05, 0.1) is 11.4 Å². The standard InChI is InChI=1S/C18H16ClN3O2/c1-12-17(18(22-21-12)13-6-3-2-4-7-13)20-16(23)11-24-15-9-5-8-14(19)10-15/h2-10H,11H2,1H3,(H,20,23)(H,21,22). The Hall–Kier alpha value is -2.79. The van der Waals surface area contributed by atoms with E-state index in [4.69, 9.17) is 16.3 Å². The Balaban J connectivity index is 1.70. The third-order valence-electron chi connectivity index (χ3n) is 3.42. The number of carbonyl (C=O) groups is 1. The molecule has 1 amide bonds. The molecule has 5 nitrogen and oxygen atoms in total. The molecule has 1 aromatic heterocycles. The van der Waals surface area contributed by atoms with E-state index >= 15 is 0 Å². The number of hydrogen-bond donors (Lipinski definition) is 2. The fraction of sp³-hybridized carbons (Fsp3) is 0.111. The van der Waals surface area contributed by atoms with E-state index in [-0.39, 0.29) is 12.5 Å². The van der Waals surface area contributed by atoms with Gasteiger partial charge in [0.2, 0.25) is 0 Å². The maximum Gasteiger partial charge on any atom is 0.262 e. The summed E-state index contributed by atoms with van der Waals surface area (Å²) in [7, 11) is 0. The van der Waals surface area contributed by atoms with Crippen molar-refractivity contribution in [1.82, 2.24) is 10.2 Å². The third-order valence-corrected chi connectivity index (χ3v) is 3.66. The highest BCUT2D eigenvalue weighted by Gasteiger charge is 2.15. The lowest BCUT2D eigenvalue weighted by Gasteiger charge is -2.09. The Morgan fingerprint density at radius 2 is 2.00 bits per heavy atom. The average Bonchev–Trinajstić information content (AvgIpc) is 2.95. The number of aryl methyl sites for hydroxylation is 1. The second kappa shape index (κ2) is 7.19. The smallest absolute Gasteiger partial charge is 0.262 e. The van der Waals surface area contributed by atoms with Crippen molar-refractivity contribution in [1.29, 1.82) is 0 Å². The summed E-state index contributed by atoms with van der Waals surface area (Å²) < 4.78 is 5.46. The summed E-state index contributed by atoms with van der Waals surface area (Å²) in [6, 6.07) is 16.6. The lowest BCUT2D eigenvalue weighted by atomic mass is 10.1. The second-order valence-electron chi connectivity index (χ2n) is 5.23. The minimum absolute atomic E-state index is 0.112. The van der Waals surface area contributed by atoms with Crippen molar-refractivity contribution < 1.29 is 9.53 Å². The first-order valence-corrected chi connectivity index (χ1v) is 7.80. The highest BCUT2D eigenvalue weighted by Crippen LogP contribution is 2.28. The van der Waals surface area contributed by atoms with Crippen LogP contribution in [0.4, 0.5) is 5.69 Å². The third kappa shape index (κ3) is 3.75. The number of carbonyl (C=O) groups excluding carboxylic acids is 1. The Morgan fingerprint density at radius 1 is 1.21 bits per heavy atom. The monoisotopic (exact) mass is 341 g/mol. The van der Waals surface area contributed by atoms with Crippen molar-refractivity contribution in [3.05, 3.63) is 65.3 Å². The lowest BCUT2D eigenvalue weighted by molar-refractivity contribution is -0.118. The lowest BCUT2D eigenvalue weighted by Crippen LogP contribution is -2.20. The van der Waals surface area contributed by atoms with Gasteiger partial charge < -0.3 is 10.1 Å². The molecule has 0 fully saturated rings. The maximum atomic E-state index is 12.2. The Labute approximate surface area is 144 Å². The second-order valence-corrected chi connectivity index (χ2v) is 5.67. The fourth-order valence-corrected chi connectivity index (χ4v) is 2.45. The van der Waals surface area contributed by atoms with Crippen molar-refractivity contribution in [2.75, 3.05) is 11.9 Å². The summed E-state index contributed by atoms with van der Waals surface area (Å²) in [6.07, 6.45) is 0. The molecule has 0 saturated carbocycles. The fourth-order valence-electron chi connectivity index (χ4n) is 2.27. The highest BCUT2D eigenvalue weighted by molar-refractivity contribution is 6.30. The van der Waals surface area contributed by atoms with E-state index in [0.717, 1.165) is 11.3 Å². The Kier molecular flexibility index (Phi) is 4.82. The van der Waals surface area contributed by atoms with Crippen LogP contribution in [0.3, 0.4) is 0 Å². The number of aromatic nitrogens is 2. The molecule has 0 aliphatic rings. The van der Waals surface area contributed by atoms with E-state index in [0.29, 0.717) is 22.2 Å². The Bertz CT molecular complexity index is 846. The number of aromatic amines is 1. The van der Waals surface area contributed by atoms with Gasteiger partial charge in [-0.3, -0.25) is 9.89 Å². The summed E-state index contributed by atoms with van der Waals surface area (Å²) >= 11 is 5.89. The first-order valence-electron chi connectivity index (χ1n) is 7.42. The summed E-state index contributed by atoms with van der Waals surface area (Å²) in [5.74, 6) is 0.279. The minimum atomic E-state index is -0.267. The van der Waals surface area contributed by atoms with Gasteiger partial charge in [-0.25, -0.2) is 0 Å². The van der Waals surface area contributed by atoms with Crippen LogP contribution in [-0.2, 0) is 4.79 Å². The van der Waals surface area contributed by atoms with Crippen molar-refractivity contribution in [3.8, 4) is 17.0 Å². The number of benzene rings is 2. The number of hydrogen-bond acceptors (Lipinski definition) is 3. The van der Waals surface area contributed by atoms with Gasteiger partial charge >= 0.3 is 0 Å². The molecule has 0 unspecified atom stereocenters. The largest absolute Gasteiger partial charge is 0.484 e. The normalized spacial score (nSPS) is 10.4. The van der Waals surface area contributed by atoms with E-state index in [1.54, 1.807) is 24.3 Å². The number of ether oxygens (including phenoxy) is 1. The van der Waals surface area contributed by atoms with Crippen LogP contribution in [0, 0.1) is 6.92 Å². The van der Waals surface area contributed by atoms with Gasteiger partial charge in [-0.1, -0.05) is 48.0 Å². The number of nitrogens with one attached hydrogen (secondary N) is 2. The first-order chi connectivity index (χ1) is 11.6. The molecule has 3 rings (SSSR count). The topological polar surface area (TPSA) is 67.0 Å². The van der Waals surface area contributed by atoms with E-state index in [1.165, 1.54) is 0 Å². The van der Waals surface area contributed by atoms with Gasteiger partial charge in [-0.15, -0.1) is 0 Å². The highest BCUT2D eigenvalue weighted by atomic mass is 35.5. The van der Waals surface area contributed by atoms with Crippen LogP contribution in [0.2, 0.25) is 5.02 Å². The maximum absolute atomic E-state index is 12.2. The van der Waals surface area contributed by atoms with Crippen molar-refractivity contribution in [3.63, 3.8) is 0 Å². The van der Waals surface area contributed by atoms with Crippen LogP contribution in [0.25, 0.3) is 11.3 Å². The molecule has 0 atom stereocenters. The molecule has 122 valence electrons. The zero-order valence-electron chi connectivity index (χ0n) is 13.0. The number of amides is 1. The zero-order chi connectivity index (χ0) is 16.9. The molecule has 0 radical (unpaired) electrons. The molecular weight excluding hydrogens is 326 g/mol. The molecule has 6 heteroatoms. The van der Waals surface area contributed by atoms with Crippen molar-refractivity contribution in [2.45, 2.75) is 6.92 Å². The summed E-state index contributed by atoms with van der Waals surface area (Å²) in [6.45, 7) is 1.74. The quantitative estimate of drug-likeness (QED) is 0.735. The van der Waals surface area contributed by atoms with Crippen LogP contribution in [0.5, 0.6) is 5.75 Å². The van der Waals surface area contributed by atoms with Crippen LogP contribution in [0.15, 0.2) is 54.6 Å². The number of nitrogens with zero attached hydrogens (tertiary/aromatic N) is 1. The summed E-state index contributed by atoms with van der Waals surface area (Å²) in [5.41, 5.74) is 3.06. The average molecular weight is 342 g/mol. The molecule has 0 aliphatic heterocycles. The summed E-state index contributed by atoms with van der Waals surface area (Å²) in [4.78, 5) is 12.2. The van der Waals surface area contributed by atoms with Gasteiger partial charge in [0.25, 0.3) is 5.91 Å². The van der Waals surface area contributed by atoms with Crippen LogP contribution < -0.4 is 10.1 Å². The molecule has 1 heterocycles. The van der Waals surface area contributed by atoms with Crippen LogP contribution in [-0.4, -0.2) is 22.7 Å². The number of halogens is 1. The molecule has 24 heavy (non-hydrogen) atoms.